The SMILES string of the molecule is C[SiH](C)OC1C[C@@H](C(C)(C)C)CN(C(=O)c2ccccc2)C1(C(=O)O)C(=O)O. The fourth-order valence-corrected chi connectivity index (χ4v) is 4.69. The molecule has 2 atom stereocenters. The predicted octanol–water partition coefficient (Wildman–Crippen LogP) is 2.47. The molecule has 1 aromatic carbocycles. The quantitative estimate of drug-likeness (QED) is 0.574. The van der Waals surface area contributed by atoms with E-state index in [1.165, 1.54) is 0 Å². The largest absolute Gasteiger partial charge is 0.479 e. The van der Waals surface area contributed by atoms with Gasteiger partial charge in [0, 0.05) is 12.1 Å². The van der Waals surface area contributed by atoms with Gasteiger partial charge in [-0.25, -0.2) is 9.59 Å². The number of piperidine rings is 1. The van der Waals surface area contributed by atoms with Gasteiger partial charge in [-0.1, -0.05) is 39.0 Å². The second-order valence-corrected chi connectivity index (χ2v) is 11.0. The number of hydrogen-bond acceptors (Lipinski definition) is 4. The van der Waals surface area contributed by atoms with Crippen LogP contribution in [0.15, 0.2) is 30.3 Å². The Bertz CT molecular complexity index is 729. The zero-order valence-electron chi connectivity index (χ0n) is 17.0. The van der Waals surface area contributed by atoms with Crippen LogP contribution in [0.1, 0.15) is 37.6 Å². The highest BCUT2D eigenvalue weighted by atomic mass is 28.3. The van der Waals surface area contributed by atoms with Gasteiger partial charge >= 0.3 is 11.9 Å². The third-order valence-corrected chi connectivity index (χ3v) is 6.25. The maximum absolute atomic E-state index is 13.3. The van der Waals surface area contributed by atoms with Gasteiger partial charge in [-0.05, 0) is 43.0 Å². The van der Waals surface area contributed by atoms with Gasteiger partial charge in [-0.15, -0.1) is 0 Å². The molecule has 1 unspecified atom stereocenters. The van der Waals surface area contributed by atoms with E-state index in [-0.39, 0.29) is 29.9 Å². The van der Waals surface area contributed by atoms with Crippen LogP contribution >= 0.6 is 0 Å². The number of carboxylic acids is 2. The monoisotopic (exact) mass is 407 g/mol. The Morgan fingerprint density at radius 1 is 1.11 bits per heavy atom. The zero-order chi connectivity index (χ0) is 21.3. The average molecular weight is 408 g/mol. The maximum atomic E-state index is 13.3. The van der Waals surface area contributed by atoms with E-state index in [9.17, 15) is 24.6 Å². The van der Waals surface area contributed by atoms with Crippen LogP contribution in [0.2, 0.25) is 13.1 Å². The molecular weight excluding hydrogens is 378 g/mol. The van der Waals surface area contributed by atoms with Gasteiger partial charge < -0.3 is 19.5 Å². The number of amides is 1. The van der Waals surface area contributed by atoms with Gasteiger partial charge in [0.15, 0.2) is 9.04 Å². The Hall–Kier alpha value is -2.19. The van der Waals surface area contributed by atoms with Crippen LogP contribution < -0.4 is 0 Å². The minimum Gasteiger partial charge on any atom is -0.479 e. The van der Waals surface area contributed by atoms with Crippen molar-refractivity contribution in [1.29, 1.82) is 0 Å². The van der Waals surface area contributed by atoms with Crippen LogP contribution in [0.5, 0.6) is 0 Å². The second kappa shape index (κ2) is 8.04. The third-order valence-electron chi connectivity index (χ3n) is 5.37. The molecular formula is C20H29NO6Si. The summed E-state index contributed by atoms with van der Waals surface area (Å²) in [5.74, 6) is -3.87. The minimum absolute atomic E-state index is 0.0370. The lowest BCUT2D eigenvalue weighted by atomic mass is 9.70. The van der Waals surface area contributed by atoms with E-state index in [1.54, 1.807) is 30.3 Å². The maximum Gasteiger partial charge on any atom is 0.344 e. The number of likely N-dealkylation sites (tertiary alicyclic amines) is 1. The minimum atomic E-state index is -2.45. The number of benzene rings is 1. The van der Waals surface area contributed by atoms with Crippen molar-refractivity contribution < 1.29 is 29.0 Å². The molecule has 0 aromatic heterocycles. The second-order valence-electron chi connectivity index (χ2n) is 8.63. The molecule has 8 heteroatoms. The summed E-state index contributed by atoms with van der Waals surface area (Å²) in [4.78, 5) is 39.0. The van der Waals surface area contributed by atoms with Crippen molar-refractivity contribution in [3.8, 4) is 0 Å². The molecule has 0 bridgehead atoms. The molecule has 1 aliphatic rings. The first kappa shape index (κ1) is 22.1. The van der Waals surface area contributed by atoms with Gasteiger partial charge in [0.1, 0.15) is 0 Å². The summed E-state index contributed by atoms with van der Waals surface area (Å²) in [5.41, 5.74) is -2.45. The molecule has 2 N–H and O–H groups in total. The first-order valence-corrected chi connectivity index (χ1v) is 12.2. The van der Waals surface area contributed by atoms with E-state index < -0.39 is 38.5 Å². The fourth-order valence-electron chi connectivity index (χ4n) is 3.73. The van der Waals surface area contributed by atoms with Crippen LogP contribution in [0.4, 0.5) is 0 Å². The van der Waals surface area contributed by atoms with Gasteiger partial charge in [0.25, 0.3) is 11.4 Å². The van der Waals surface area contributed by atoms with E-state index >= 15 is 0 Å². The van der Waals surface area contributed by atoms with E-state index in [0.717, 1.165) is 4.90 Å². The Morgan fingerprint density at radius 3 is 2.07 bits per heavy atom. The predicted molar refractivity (Wildman–Crippen MR) is 107 cm³/mol. The Morgan fingerprint density at radius 2 is 1.64 bits per heavy atom. The summed E-state index contributed by atoms with van der Waals surface area (Å²) in [7, 11) is -1.79. The van der Waals surface area contributed by atoms with Crippen molar-refractivity contribution in [3.63, 3.8) is 0 Å². The molecule has 0 aliphatic carbocycles. The smallest absolute Gasteiger partial charge is 0.344 e. The Balaban J connectivity index is 2.66. The van der Waals surface area contributed by atoms with Crippen molar-refractivity contribution in [2.24, 2.45) is 11.3 Å². The molecule has 2 rings (SSSR count). The average Bonchev–Trinajstić information content (AvgIpc) is 2.59. The van der Waals surface area contributed by atoms with Crippen LogP contribution in [-0.4, -0.2) is 60.2 Å². The zero-order valence-corrected chi connectivity index (χ0v) is 18.2. The normalized spacial score (nSPS) is 22.1. The lowest BCUT2D eigenvalue weighted by Gasteiger charge is -2.51. The van der Waals surface area contributed by atoms with Crippen LogP contribution in [0.25, 0.3) is 0 Å². The summed E-state index contributed by atoms with van der Waals surface area (Å²) in [6.45, 7) is 9.76. The summed E-state index contributed by atoms with van der Waals surface area (Å²) in [5, 5.41) is 20.1. The number of carbonyl (C=O) groups excluding carboxylic acids is 1. The molecule has 1 fully saturated rings. The topological polar surface area (TPSA) is 104 Å². The number of aliphatic carboxylic acids is 2. The molecule has 0 spiro atoms. The molecule has 1 heterocycles. The van der Waals surface area contributed by atoms with Gasteiger partial charge in [-0.2, -0.15) is 0 Å². The lowest BCUT2D eigenvalue weighted by Crippen LogP contribution is -2.73. The van der Waals surface area contributed by atoms with E-state index in [1.807, 2.05) is 33.9 Å². The first-order valence-electron chi connectivity index (χ1n) is 9.41. The summed E-state index contributed by atoms with van der Waals surface area (Å²) < 4.78 is 5.95. The first-order chi connectivity index (χ1) is 12.9. The van der Waals surface area contributed by atoms with E-state index in [2.05, 4.69) is 0 Å². The summed E-state index contributed by atoms with van der Waals surface area (Å²) >= 11 is 0. The number of carboxylic acid groups (broad SMARTS) is 2. The summed E-state index contributed by atoms with van der Waals surface area (Å²) in [6.07, 6.45) is -0.842. The highest BCUT2D eigenvalue weighted by molar-refractivity contribution is 6.48. The molecule has 154 valence electrons. The molecule has 7 nitrogen and oxygen atoms in total. The van der Waals surface area contributed by atoms with Gasteiger partial charge in [-0.3, -0.25) is 4.79 Å². The van der Waals surface area contributed by atoms with Crippen molar-refractivity contribution in [1.82, 2.24) is 4.90 Å². The van der Waals surface area contributed by atoms with E-state index in [4.69, 9.17) is 4.43 Å². The van der Waals surface area contributed by atoms with Crippen LogP contribution in [0, 0.1) is 11.3 Å². The number of rotatable bonds is 5. The number of carbonyl (C=O) groups is 3. The van der Waals surface area contributed by atoms with Crippen molar-refractivity contribution in [2.45, 2.75) is 51.9 Å². The fraction of sp³-hybridized carbons (Fsp3) is 0.550. The lowest BCUT2D eigenvalue weighted by molar-refractivity contribution is -0.181. The van der Waals surface area contributed by atoms with Crippen molar-refractivity contribution in [3.05, 3.63) is 35.9 Å². The Labute approximate surface area is 167 Å². The highest BCUT2D eigenvalue weighted by Crippen LogP contribution is 2.42. The van der Waals surface area contributed by atoms with E-state index in [0.29, 0.717) is 0 Å². The standard InChI is InChI=1S/C20H29NO6Si/c1-19(2,3)14-11-15(27-28(4)5)20(17(23)24,18(25)26)21(12-14)16(22)13-9-7-6-8-10-13/h6-10,14-15,28H,11-12H2,1-5H3,(H,23,24)(H,25,26)/t14-,15?/m1/s1. The molecule has 1 aliphatic heterocycles. The van der Waals surface area contributed by atoms with Crippen LogP contribution in [0.3, 0.4) is 0 Å². The van der Waals surface area contributed by atoms with Crippen molar-refractivity contribution >= 4 is 26.9 Å². The number of hydrogen-bond donors (Lipinski definition) is 2. The Kier molecular flexibility index (Phi) is 6.35. The van der Waals surface area contributed by atoms with Gasteiger partial charge in [0.05, 0.1) is 6.10 Å². The number of nitrogens with zero attached hydrogens (tertiary/aromatic N) is 1. The highest BCUT2D eigenvalue weighted by Gasteiger charge is 2.64. The van der Waals surface area contributed by atoms with Gasteiger partial charge in [0.2, 0.25) is 0 Å². The molecule has 1 saturated heterocycles. The van der Waals surface area contributed by atoms with Crippen LogP contribution in [-0.2, 0) is 14.0 Å². The summed E-state index contributed by atoms with van der Waals surface area (Å²) in [6, 6.07) is 8.19. The molecule has 1 aromatic rings. The van der Waals surface area contributed by atoms with Crippen molar-refractivity contribution in [2.75, 3.05) is 6.54 Å². The molecule has 28 heavy (non-hydrogen) atoms. The molecule has 0 saturated carbocycles. The molecule has 0 radical (unpaired) electrons. The third kappa shape index (κ3) is 3.98. The molecule has 1 amide bonds.